The fourth-order valence-corrected chi connectivity index (χ4v) is 3.10. The molecule has 1 aliphatic heterocycles. The smallest absolute Gasteiger partial charge is 0.253 e. The molecule has 8 nitrogen and oxygen atoms in total. The van der Waals surface area contributed by atoms with E-state index in [0.29, 0.717) is 23.9 Å². The van der Waals surface area contributed by atoms with Crippen LogP contribution in [0.2, 0.25) is 0 Å². The molecule has 0 aromatic carbocycles. The largest absolute Gasteiger partial charge is 0.359 e. The molecular formula is C19H22N6O2. The Hall–Kier alpha value is -3.16. The van der Waals surface area contributed by atoms with E-state index < -0.39 is 0 Å². The lowest BCUT2D eigenvalue weighted by Crippen LogP contribution is -2.48. The average molecular weight is 366 g/mol. The van der Waals surface area contributed by atoms with Gasteiger partial charge in [-0.15, -0.1) is 0 Å². The van der Waals surface area contributed by atoms with Gasteiger partial charge in [0.25, 0.3) is 5.91 Å². The van der Waals surface area contributed by atoms with Crippen LogP contribution in [0, 0.1) is 0 Å². The Kier molecular flexibility index (Phi) is 4.86. The Morgan fingerprint density at radius 2 is 2.26 bits per heavy atom. The van der Waals surface area contributed by atoms with Crippen molar-refractivity contribution < 1.29 is 9.32 Å². The van der Waals surface area contributed by atoms with Crippen LogP contribution < -0.4 is 10.2 Å². The fourth-order valence-electron chi connectivity index (χ4n) is 3.10. The number of aryl methyl sites for hydroxylation is 1. The molecule has 1 amide bonds. The Balaban J connectivity index is 1.29. The van der Waals surface area contributed by atoms with Gasteiger partial charge in [0.15, 0.2) is 5.76 Å². The molecule has 140 valence electrons. The van der Waals surface area contributed by atoms with Gasteiger partial charge in [0.1, 0.15) is 5.82 Å². The van der Waals surface area contributed by atoms with Crippen LogP contribution in [0.4, 0.5) is 5.82 Å². The summed E-state index contributed by atoms with van der Waals surface area (Å²) in [6, 6.07) is 7.86. The molecule has 0 atom stereocenters. The standard InChI is InChI=1S/C19H22N6O2/c1-2-4-15-9-17(27-23-15)11-21-19(26)14-5-6-18(20-10-14)24-12-16(13-24)25-8-3-7-22-25/h3,5-10,16H,2,4,11-13H2,1H3,(H,21,26). The monoisotopic (exact) mass is 366 g/mol. The van der Waals surface area contributed by atoms with Crippen LogP contribution in [-0.4, -0.2) is 38.9 Å². The minimum atomic E-state index is -0.180. The SMILES string of the molecule is CCCc1cc(CNC(=O)c2ccc(N3CC(n4cccn4)C3)nc2)on1. The number of carbonyl (C=O) groups excluding carboxylic acids is 1. The van der Waals surface area contributed by atoms with E-state index in [-0.39, 0.29) is 5.91 Å². The van der Waals surface area contributed by atoms with Gasteiger partial charge in [-0.1, -0.05) is 18.5 Å². The number of amides is 1. The molecule has 0 radical (unpaired) electrons. The zero-order chi connectivity index (χ0) is 18.6. The van der Waals surface area contributed by atoms with Crippen molar-refractivity contribution in [2.45, 2.75) is 32.4 Å². The first kappa shape index (κ1) is 17.3. The predicted octanol–water partition coefficient (Wildman–Crippen LogP) is 2.21. The third kappa shape index (κ3) is 3.84. The van der Waals surface area contributed by atoms with Gasteiger partial charge >= 0.3 is 0 Å². The van der Waals surface area contributed by atoms with Crippen molar-refractivity contribution in [3.63, 3.8) is 0 Å². The molecule has 1 aliphatic rings. The van der Waals surface area contributed by atoms with E-state index in [0.717, 1.165) is 37.4 Å². The minimum Gasteiger partial charge on any atom is -0.359 e. The van der Waals surface area contributed by atoms with Crippen LogP contribution in [0.1, 0.15) is 41.2 Å². The van der Waals surface area contributed by atoms with Gasteiger partial charge in [0.05, 0.1) is 23.8 Å². The lowest BCUT2D eigenvalue weighted by Gasteiger charge is -2.40. The van der Waals surface area contributed by atoms with Gasteiger partial charge in [-0.25, -0.2) is 4.98 Å². The van der Waals surface area contributed by atoms with Crippen molar-refractivity contribution in [1.29, 1.82) is 0 Å². The maximum atomic E-state index is 12.3. The second kappa shape index (κ2) is 7.61. The van der Waals surface area contributed by atoms with E-state index in [9.17, 15) is 4.79 Å². The number of anilines is 1. The molecule has 4 heterocycles. The number of pyridine rings is 1. The fraction of sp³-hybridized carbons (Fsp3) is 0.368. The molecule has 4 rings (SSSR count). The second-order valence-corrected chi connectivity index (χ2v) is 6.67. The molecule has 3 aromatic heterocycles. The molecule has 1 saturated heterocycles. The molecule has 0 aliphatic carbocycles. The number of nitrogens with one attached hydrogen (secondary N) is 1. The summed E-state index contributed by atoms with van der Waals surface area (Å²) in [5.74, 6) is 1.34. The molecule has 27 heavy (non-hydrogen) atoms. The minimum absolute atomic E-state index is 0.180. The number of aromatic nitrogens is 4. The van der Waals surface area contributed by atoms with Gasteiger partial charge in [0.2, 0.25) is 0 Å². The second-order valence-electron chi connectivity index (χ2n) is 6.67. The van der Waals surface area contributed by atoms with E-state index in [1.807, 2.05) is 29.1 Å². The van der Waals surface area contributed by atoms with Gasteiger partial charge in [0, 0.05) is 37.7 Å². The first-order valence-corrected chi connectivity index (χ1v) is 9.15. The summed E-state index contributed by atoms with van der Waals surface area (Å²) in [7, 11) is 0. The van der Waals surface area contributed by atoms with Crippen LogP contribution in [0.5, 0.6) is 0 Å². The topological polar surface area (TPSA) is 89.1 Å². The molecule has 0 bridgehead atoms. The Labute approximate surface area is 157 Å². The molecule has 3 aromatic rings. The third-order valence-electron chi connectivity index (χ3n) is 4.63. The first-order chi connectivity index (χ1) is 13.2. The van der Waals surface area contributed by atoms with Crippen LogP contribution in [0.25, 0.3) is 0 Å². The quantitative estimate of drug-likeness (QED) is 0.690. The molecule has 0 unspecified atom stereocenters. The van der Waals surface area contributed by atoms with Crippen molar-refractivity contribution in [3.8, 4) is 0 Å². The highest BCUT2D eigenvalue weighted by Crippen LogP contribution is 2.25. The van der Waals surface area contributed by atoms with Crippen molar-refractivity contribution in [2.75, 3.05) is 18.0 Å². The summed E-state index contributed by atoms with van der Waals surface area (Å²) in [5, 5.41) is 11.1. The molecule has 0 spiro atoms. The van der Waals surface area contributed by atoms with E-state index >= 15 is 0 Å². The molecular weight excluding hydrogens is 344 g/mol. The van der Waals surface area contributed by atoms with Crippen LogP contribution >= 0.6 is 0 Å². The van der Waals surface area contributed by atoms with E-state index in [1.54, 1.807) is 18.5 Å². The highest BCUT2D eigenvalue weighted by atomic mass is 16.5. The maximum Gasteiger partial charge on any atom is 0.253 e. The predicted molar refractivity (Wildman–Crippen MR) is 99.4 cm³/mol. The van der Waals surface area contributed by atoms with E-state index in [1.165, 1.54) is 0 Å². The zero-order valence-electron chi connectivity index (χ0n) is 15.2. The van der Waals surface area contributed by atoms with Crippen molar-refractivity contribution in [2.24, 2.45) is 0 Å². The van der Waals surface area contributed by atoms with Gasteiger partial charge in [-0.2, -0.15) is 5.10 Å². The number of hydrogen-bond acceptors (Lipinski definition) is 6. The summed E-state index contributed by atoms with van der Waals surface area (Å²) in [6.07, 6.45) is 7.26. The summed E-state index contributed by atoms with van der Waals surface area (Å²) in [4.78, 5) is 18.9. The zero-order valence-corrected chi connectivity index (χ0v) is 15.2. The Morgan fingerprint density at radius 3 is 2.96 bits per heavy atom. The third-order valence-corrected chi connectivity index (χ3v) is 4.63. The molecule has 0 saturated carbocycles. The number of nitrogens with zero attached hydrogens (tertiary/aromatic N) is 5. The Bertz CT molecular complexity index is 881. The summed E-state index contributed by atoms with van der Waals surface area (Å²) >= 11 is 0. The Morgan fingerprint density at radius 1 is 1.37 bits per heavy atom. The number of carbonyl (C=O) groups is 1. The molecule has 8 heteroatoms. The van der Waals surface area contributed by atoms with E-state index in [4.69, 9.17) is 4.52 Å². The lowest BCUT2D eigenvalue weighted by atomic mass is 10.1. The maximum absolute atomic E-state index is 12.3. The number of hydrogen-bond donors (Lipinski definition) is 1. The average Bonchev–Trinajstić information content (AvgIpc) is 3.32. The van der Waals surface area contributed by atoms with Crippen molar-refractivity contribution in [1.82, 2.24) is 25.2 Å². The lowest BCUT2D eigenvalue weighted by molar-refractivity contribution is 0.0946. The van der Waals surface area contributed by atoms with Crippen LogP contribution in [0.15, 0.2) is 47.4 Å². The first-order valence-electron chi connectivity index (χ1n) is 9.15. The number of rotatable bonds is 7. The van der Waals surface area contributed by atoms with E-state index in [2.05, 4.69) is 32.4 Å². The highest BCUT2D eigenvalue weighted by Gasteiger charge is 2.29. The summed E-state index contributed by atoms with van der Waals surface area (Å²) in [6.45, 7) is 4.14. The summed E-state index contributed by atoms with van der Waals surface area (Å²) < 4.78 is 7.19. The molecule has 1 fully saturated rings. The van der Waals surface area contributed by atoms with Crippen LogP contribution in [-0.2, 0) is 13.0 Å². The van der Waals surface area contributed by atoms with Gasteiger partial charge in [-0.05, 0) is 24.6 Å². The van der Waals surface area contributed by atoms with Gasteiger partial charge in [-0.3, -0.25) is 9.48 Å². The molecule has 1 N–H and O–H groups in total. The summed E-state index contributed by atoms with van der Waals surface area (Å²) in [5.41, 5.74) is 1.44. The van der Waals surface area contributed by atoms with Crippen molar-refractivity contribution in [3.05, 3.63) is 59.9 Å². The normalized spacial score (nSPS) is 14.2. The van der Waals surface area contributed by atoms with Crippen LogP contribution in [0.3, 0.4) is 0 Å². The highest BCUT2D eigenvalue weighted by molar-refractivity contribution is 5.93. The van der Waals surface area contributed by atoms with Crippen molar-refractivity contribution >= 4 is 11.7 Å². The van der Waals surface area contributed by atoms with Gasteiger partial charge < -0.3 is 14.7 Å².